The number of nitrogens with one attached hydrogen (secondary N) is 1. The lowest BCUT2D eigenvalue weighted by molar-refractivity contribution is -0.129. The maximum atomic E-state index is 12.1. The minimum absolute atomic E-state index is 0.251. The number of esters is 1. The second-order valence-electron chi connectivity index (χ2n) is 4.88. The van der Waals surface area contributed by atoms with Gasteiger partial charge in [-0.3, -0.25) is 4.79 Å². The Morgan fingerprint density at radius 1 is 1.39 bits per heavy atom. The number of nitrogens with zero attached hydrogens (tertiary/aromatic N) is 1. The molecule has 0 fully saturated rings. The van der Waals surface area contributed by atoms with Crippen LogP contribution in [0.3, 0.4) is 0 Å². The molecule has 0 spiro atoms. The van der Waals surface area contributed by atoms with Crippen LogP contribution in [0.2, 0.25) is 0 Å². The molecule has 1 aromatic carbocycles. The molecule has 0 aliphatic heterocycles. The summed E-state index contributed by atoms with van der Waals surface area (Å²) in [5.74, 6) is -0.290. The average Bonchev–Trinajstić information content (AvgIpc) is 3.22. The molecular weight excluding hydrogens is 316 g/mol. The highest BCUT2D eigenvalue weighted by Gasteiger charge is 2.19. The first-order valence-electron chi connectivity index (χ1n) is 6.98. The molecule has 0 unspecified atom stereocenters. The summed E-state index contributed by atoms with van der Waals surface area (Å²) in [4.78, 5) is 28.2. The first-order chi connectivity index (χ1) is 11.1. The minimum atomic E-state index is -0.894. The Morgan fingerprint density at radius 2 is 2.26 bits per heavy atom. The maximum Gasteiger partial charge on any atom is 0.338 e. The van der Waals surface area contributed by atoms with E-state index in [4.69, 9.17) is 9.15 Å². The Labute approximate surface area is 136 Å². The van der Waals surface area contributed by atoms with Gasteiger partial charge in [0.25, 0.3) is 5.91 Å². The number of rotatable bonds is 5. The molecule has 0 radical (unpaired) electrons. The minimum Gasteiger partial charge on any atom is -0.467 e. The largest absolute Gasteiger partial charge is 0.467 e. The normalized spacial score (nSPS) is 12.0. The van der Waals surface area contributed by atoms with Gasteiger partial charge < -0.3 is 14.5 Å². The van der Waals surface area contributed by atoms with Crippen LogP contribution in [0, 0.1) is 0 Å². The van der Waals surface area contributed by atoms with Crippen LogP contribution in [0.5, 0.6) is 0 Å². The highest BCUT2D eigenvalue weighted by Crippen LogP contribution is 2.19. The van der Waals surface area contributed by atoms with E-state index in [1.54, 1.807) is 35.8 Å². The Balaban J connectivity index is 1.58. The number of hydrogen-bond donors (Lipinski definition) is 1. The number of benzene rings is 1. The number of thiazole rings is 1. The van der Waals surface area contributed by atoms with Crippen LogP contribution in [0.1, 0.15) is 23.0 Å². The van der Waals surface area contributed by atoms with E-state index in [-0.39, 0.29) is 12.5 Å². The van der Waals surface area contributed by atoms with E-state index in [1.165, 1.54) is 24.5 Å². The van der Waals surface area contributed by atoms with Crippen LogP contribution in [0.4, 0.5) is 0 Å². The van der Waals surface area contributed by atoms with Crippen molar-refractivity contribution in [1.82, 2.24) is 10.3 Å². The van der Waals surface area contributed by atoms with Gasteiger partial charge in [0.05, 0.1) is 34.1 Å². The molecule has 0 saturated heterocycles. The van der Waals surface area contributed by atoms with E-state index in [9.17, 15) is 9.59 Å². The molecule has 7 heteroatoms. The van der Waals surface area contributed by atoms with Gasteiger partial charge in [-0.05, 0) is 37.3 Å². The van der Waals surface area contributed by atoms with Crippen molar-refractivity contribution in [3.05, 3.63) is 53.4 Å². The van der Waals surface area contributed by atoms with Gasteiger partial charge in [-0.25, -0.2) is 9.78 Å². The van der Waals surface area contributed by atoms with Gasteiger partial charge in [0.2, 0.25) is 0 Å². The fourth-order valence-corrected chi connectivity index (χ4v) is 2.71. The standard InChI is InChI=1S/C16H14N2O4S/c1-10(15(19)17-8-12-3-2-6-21-12)22-16(20)11-4-5-13-14(7-11)23-9-18-13/h2-7,9-10H,8H2,1H3,(H,17,19)/t10-/m0/s1. The smallest absolute Gasteiger partial charge is 0.338 e. The molecule has 1 amide bonds. The van der Waals surface area contributed by atoms with Crippen molar-refractivity contribution >= 4 is 33.4 Å². The molecule has 0 aliphatic carbocycles. The van der Waals surface area contributed by atoms with Gasteiger partial charge in [-0.15, -0.1) is 11.3 Å². The van der Waals surface area contributed by atoms with Crippen molar-refractivity contribution in [3.63, 3.8) is 0 Å². The number of aromatic nitrogens is 1. The van der Waals surface area contributed by atoms with Crippen LogP contribution in [0.25, 0.3) is 10.2 Å². The lowest BCUT2D eigenvalue weighted by Gasteiger charge is -2.13. The molecule has 3 rings (SSSR count). The maximum absolute atomic E-state index is 12.1. The van der Waals surface area contributed by atoms with E-state index in [0.29, 0.717) is 11.3 Å². The second kappa shape index (κ2) is 6.62. The van der Waals surface area contributed by atoms with Crippen LogP contribution in [-0.2, 0) is 16.1 Å². The second-order valence-corrected chi connectivity index (χ2v) is 5.77. The quantitative estimate of drug-likeness (QED) is 0.728. The van der Waals surface area contributed by atoms with Gasteiger partial charge in [-0.1, -0.05) is 0 Å². The highest BCUT2D eigenvalue weighted by atomic mass is 32.1. The van der Waals surface area contributed by atoms with E-state index >= 15 is 0 Å². The Bertz CT molecular complexity index is 826. The lowest BCUT2D eigenvalue weighted by Crippen LogP contribution is -2.35. The fraction of sp³-hybridized carbons (Fsp3) is 0.188. The summed E-state index contributed by atoms with van der Waals surface area (Å²) < 4.78 is 11.2. The van der Waals surface area contributed by atoms with E-state index in [0.717, 1.165) is 10.2 Å². The van der Waals surface area contributed by atoms with Crippen molar-refractivity contribution in [3.8, 4) is 0 Å². The summed E-state index contributed by atoms with van der Waals surface area (Å²) in [6.45, 7) is 1.78. The number of carbonyl (C=O) groups is 2. The molecule has 1 N–H and O–H groups in total. The number of amides is 1. The predicted octanol–water partition coefficient (Wildman–Crippen LogP) is 2.75. The van der Waals surface area contributed by atoms with Crippen molar-refractivity contribution in [2.75, 3.05) is 0 Å². The molecule has 0 aliphatic rings. The zero-order valence-corrected chi connectivity index (χ0v) is 13.1. The van der Waals surface area contributed by atoms with Crippen molar-refractivity contribution in [2.24, 2.45) is 0 Å². The van der Waals surface area contributed by atoms with E-state index in [1.807, 2.05) is 0 Å². The molecule has 2 heterocycles. The van der Waals surface area contributed by atoms with Crippen LogP contribution in [0.15, 0.2) is 46.5 Å². The third-order valence-corrected chi connectivity index (χ3v) is 4.03. The predicted molar refractivity (Wildman–Crippen MR) is 85.1 cm³/mol. The molecular formula is C16H14N2O4S. The SMILES string of the molecule is C[C@H](OC(=O)c1ccc2ncsc2c1)C(=O)NCc1ccco1. The first-order valence-corrected chi connectivity index (χ1v) is 7.86. The topological polar surface area (TPSA) is 81.4 Å². The molecule has 23 heavy (non-hydrogen) atoms. The lowest BCUT2D eigenvalue weighted by atomic mass is 10.2. The van der Waals surface area contributed by atoms with Crippen molar-refractivity contribution in [1.29, 1.82) is 0 Å². The Kier molecular flexibility index (Phi) is 4.38. The summed E-state index contributed by atoms with van der Waals surface area (Å²) in [7, 11) is 0. The fourth-order valence-electron chi connectivity index (χ4n) is 2.00. The number of hydrogen-bond acceptors (Lipinski definition) is 6. The molecule has 0 saturated carbocycles. The van der Waals surface area contributed by atoms with Crippen LogP contribution in [-0.4, -0.2) is 23.0 Å². The first kappa shape index (κ1) is 15.2. The van der Waals surface area contributed by atoms with Crippen LogP contribution >= 0.6 is 11.3 Å². The van der Waals surface area contributed by atoms with Crippen molar-refractivity contribution < 1.29 is 18.7 Å². The van der Waals surface area contributed by atoms with Crippen molar-refractivity contribution in [2.45, 2.75) is 19.6 Å². The molecule has 3 aromatic rings. The van der Waals surface area contributed by atoms with Gasteiger partial charge >= 0.3 is 5.97 Å². The summed E-state index contributed by atoms with van der Waals surface area (Å²) in [6.07, 6.45) is 0.634. The van der Waals surface area contributed by atoms with E-state index < -0.39 is 12.1 Å². The number of fused-ring (bicyclic) bond motifs is 1. The summed E-state index contributed by atoms with van der Waals surface area (Å²) in [6, 6.07) is 8.59. The Morgan fingerprint density at radius 3 is 3.04 bits per heavy atom. The number of furan rings is 1. The monoisotopic (exact) mass is 330 g/mol. The average molecular weight is 330 g/mol. The van der Waals surface area contributed by atoms with Gasteiger partial charge in [0.15, 0.2) is 6.10 Å². The third kappa shape index (κ3) is 3.57. The Hall–Kier alpha value is -2.67. The summed E-state index contributed by atoms with van der Waals surface area (Å²) in [5, 5.41) is 2.65. The number of ether oxygens (including phenoxy) is 1. The molecule has 2 aromatic heterocycles. The molecule has 6 nitrogen and oxygen atoms in total. The highest BCUT2D eigenvalue weighted by molar-refractivity contribution is 7.16. The number of carbonyl (C=O) groups excluding carboxylic acids is 2. The summed E-state index contributed by atoms with van der Waals surface area (Å²) in [5.41, 5.74) is 2.94. The zero-order valence-electron chi connectivity index (χ0n) is 12.3. The van der Waals surface area contributed by atoms with Crippen LogP contribution < -0.4 is 5.32 Å². The molecule has 1 atom stereocenters. The molecule has 0 bridgehead atoms. The van der Waals surface area contributed by atoms with Gasteiger partial charge in [0, 0.05) is 0 Å². The third-order valence-electron chi connectivity index (χ3n) is 3.24. The summed E-state index contributed by atoms with van der Waals surface area (Å²) >= 11 is 1.44. The van der Waals surface area contributed by atoms with Gasteiger partial charge in [-0.2, -0.15) is 0 Å². The molecule has 118 valence electrons. The van der Waals surface area contributed by atoms with E-state index in [2.05, 4.69) is 10.3 Å². The zero-order chi connectivity index (χ0) is 16.2. The van der Waals surface area contributed by atoms with Gasteiger partial charge in [0.1, 0.15) is 5.76 Å².